The topological polar surface area (TPSA) is 99.6 Å². The van der Waals surface area contributed by atoms with Gasteiger partial charge in [0.2, 0.25) is 5.91 Å². The fraction of sp³-hybridized carbons (Fsp3) is 0.429. The van der Waals surface area contributed by atoms with E-state index in [1.165, 1.54) is 18.3 Å². The third-order valence-electron chi connectivity index (χ3n) is 3.38. The van der Waals surface area contributed by atoms with Crippen LogP contribution in [-0.2, 0) is 4.79 Å². The molecule has 2 heterocycles. The highest BCUT2D eigenvalue weighted by molar-refractivity contribution is 5.99. The SMILES string of the molecule is CC(NC(=O)c1ccnc(C(=O)O)c1)C(=O)N1CCCC1. The van der Waals surface area contributed by atoms with Crippen LogP contribution in [-0.4, -0.2) is 51.9 Å². The molecule has 0 radical (unpaired) electrons. The lowest BCUT2D eigenvalue weighted by atomic mass is 10.2. The van der Waals surface area contributed by atoms with Crippen LogP contribution in [0.25, 0.3) is 0 Å². The highest BCUT2D eigenvalue weighted by Gasteiger charge is 2.24. The summed E-state index contributed by atoms with van der Waals surface area (Å²) in [4.78, 5) is 40.3. The van der Waals surface area contributed by atoms with Crippen molar-refractivity contribution in [3.8, 4) is 0 Å². The van der Waals surface area contributed by atoms with Gasteiger partial charge in [0.25, 0.3) is 5.91 Å². The summed E-state index contributed by atoms with van der Waals surface area (Å²) < 4.78 is 0. The van der Waals surface area contributed by atoms with Crippen LogP contribution in [0.15, 0.2) is 18.3 Å². The minimum atomic E-state index is -1.20. The predicted octanol–water partition coefficient (Wildman–Crippen LogP) is 0.520. The molecule has 2 amide bonds. The molecule has 1 aromatic rings. The summed E-state index contributed by atoms with van der Waals surface area (Å²) in [5.74, 6) is -1.81. The molecule has 2 rings (SSSR count). The Labute approximate surface area is 122 Å². The number of nitrogens with zero attached hydrogens (tertiary/aromatic N) is 2. The molecule has 0 bridgehead atoms. The van der Waals surface area contributed by atoms with Gasteiger partial charge in [-0.2, -0.15) is 0 Å². The number of carbonyl (C=O) groups is 3. The second kappa shape index (κ2) is 6.34. The Hall–Kier alpha value is -2.44. The van der Waals surface area contributed by atoms with Gasteiger partial charge in [0.15, 0.2) is 0 Å². The van der Waals surface area contributed by atoms with Crippen molar-refractivity contribution < 1.29 is 19.5 Å². The Balaban J connectivity index is 2.01. The van der Waals surface area contributed by atoms with E-state index in [0.717, 1.165) is 25.9 Å². The third kappa shape index (κ3) is 3.56. The molecular formula is C14H17N3O4. The number of carbonyl (C=O) groups excluding carboxylic acids is 2. The van der Waals surface area contributed by atoms with Gasteiger partial charge < -0.3 is 15.3 Å². The van der Waals surface area contributed by atoms with Gasteiger partial charge in [-0.1, -0.05) is 0 Å². The number of carboxylic acid groups (broad SMARTS) is 1. The van der Waals surface area contributed by atoms with Crippen molar-refractivity contribution in [2.24, 2.45) is 0 Å². The smallest absolute Gasteiger partial charge is 0.354 e. The minimum absolute atomic E-state index is 0.117. The molecule has 1 aliphatic heterocycles. The number of likely N-dealkylation sites (tertiary alicyclic amines) is 1. The van der Waals surface area contributed by atoms with Gasteiger partial charge in [0.1, 0.15) is 11.7 Å². The summed E-state index contributed by atoms with van der Waals surface area (Å²) in [6.45, 7) is 3.06. The maximum atomic E-state index is 12.1. The highest BCUT2D eigenvalue weighted by atomic mass is 16.4. The largest absolute Gasteiger partial charge is 0.477 e. The highest BCUT2D eigenvalue weighted by Crippen LogP contribution is 2.09. The Morgan fingerprint density at radius 1 is 1.33 bits per heavy atom. The summed E-state index contributed by atoms with van der Waals surface area (Å²) in [5.41, 5.74) is -0.0374. The molecule has 0 aliphatic carbocycles. The summed E-state index contributed by atoms with van der Waals surface area (Å²) >= 11 is 0. The van der Waals surface area contributed by atoms with Gasteiger partial charge in [0, 0.05) is 24.8 Å². The Kier molecular flexibility index (Phi) is 4.52. The molecule has 0 aromatic carbocycles. The van der Waals surface area contributed by atoms with E-state index in [4.69, 9.17) is 5.11 Å². The predicted molar refractivity (Wildman–Crippen MR) is 73.9 cm³/mol. The lowest BCUT2D eigenvalue weighted by Gasteiger charge is -2.21. The molecular weight excluding hydrogens is 274 g/mol. The van der Waals surface area contributed by atoms with E-state index in [2.05, 4.69) is 10.3 Å². The van der Waals surface area contributed by atoms with E-state index >= 15 is 0 Å². The van der Waals surface area contributed by atoms with E-state index < -0.39 is 17.9 Å². The molecule has 0 saturated carbocycles. The molecule has 1 fully saturated rings. The van der Waals surface area contributed by atoms with Gasteiger partial charge in [-0.3, -0.25) is 9.59 Å². The number of carboxylic acids is 1. The molecule has 7 nitrogen and oxygen atoms in total. The maximum absolute atomic E-state index is 12.1. The van der Waals surface area contributed by atoms with Crippen molar-refractivity contribution in [1.29, 1.82) is 0 Å². The van der Waals surface area contributed by atoms with Gasteiger partial charge in [0.05, 0.1) is 0 Å². The van der Waals surface area contributed by atoms with Crippen LogP contribution in [0.5, 0.6) is 0 Å². The van der Waals surface area contributed by atoms with Crippen LogP contribution in [0.4, 0.5) is 0 Å². The molecule has 1 saturated heterocycles. The normalized spacial score (nSPS) is 15.6. The number of rotatable bonds is 4. The van der Waals surface area contributed by atoms with Crippen LogP contribution < -0.4 is 5.32 Å². The van der Waals surface area contributed by atoms with Crippen molar-refractivity contribution in [3.63, 3.8) is 0 Å². The standard InChI is InChI=1S/C14H17N3O4/c1-9(13(19)17-6-2-3-7-17)16-12(18)10-4-5-15-11(8-10)14(20)21/h4-5,8-9H,2-3,6-7H2,1H3,(H,16,18)(H,20,21). The Morgan fingerprint density at radius 2 is 2.00 bits per heavy atom. The van der Waals surface area contributed by atoms with Crippen LogP contribution in [0.1, 0.15) is 40.6 Å². The molecule has 21 heavy (non-hydrogen) atoms. The average Bonchev–Trinajstić information content (AvgIpc) is 3.00. The van der Waals surface area contributed by atoms with Crippen molar-refractivity contribution in [2.45, 2.75) is 25.8 Å². The first-order chi connectivity index (χ1) is 9.99. The third-order valence-corrected chi connectivity index (χ3v) is 3.38. The number of hydrogen-bond acceptors (Lipinski definition) is 4. The molecule has 1 atom stereocenters. The molecule has 1 unspecified atom stereocenters. The molecule has 2 N–H and O–H groups in total. The number of hydrogen-bond donors (Lipinski definition) is 2. The molecule has 1 aliphatic rings. The Bertz CT molecular complexity index is 567. The van der Waals surface area contributed by atoms with E-state index in [1.807, 2.05) is 0 Å². The zero-order valence-corrected chi connectivity index (χ0v) is 11.7. The van der Waals surface area contributed by atoms with Crippen molar-refractivity contribution in [2.75, 3.05) is 13.1 Å². The van der Waals surface area contributed by atoms with Gasteiger partial charge >= 0.3 is 5.97 Å². The maximum Gasteiger partial charge on any atom is 0.354 e. The summed E-state index contributed by atoms with van der Waals surface area (Å²) in [6, 6.07) is 1.96. The lowest BCUT2D eigenvalue weighted by molar-refractivity contribution is -0.131. The van der Waals surface area contributed by atoms with E-state index in [0.29, 0.717) is 0 Å². The summed E-state index contributed by atoms with van der Waals surface area (Å²) in [6.07, 6.45) is 3.22. The van der Waals surface area contributed by atoms with Gasteiger partial charge in [-0.25, -0.2) is 9.78 Å². The second-order valence-electron chi connectivity index (χ2n) is 4.96. The van der Waals surface area contributed by atoms with E-state index in [9.17, 15) is 14.4 Å². The van der Waals surface area contributed by atoms with E-state index in [1.54, 1.807) is 11.8 Å². The minimum Gasteiger partial charge on any atom is -0.477 e. The first-order valence-electron chi connectivity index (χ1n) is 6.78. The number of nitrogens with one attached hydrogen (secondary N) is 1. The summed E-state index contributed by atoms with van der Waals surface area (Å²) in [7, 11) is 0. The number of pyridine rings is 1. The van der Waals surface area contributed by atoms with Crippen LogP contribution in [0, 0.1) is 0 Å². The molecule has 112 valence electrons. The first kappa shape index (κ1) is 15.0. The molecule has 7 heteroatoms. The Morgan fingerprint density at radius 3 is 2.62 bits per heavy atom. The lowest BCUT2D eigenvalue weighted by Crippen LogP contribution is -2.46. The summed E-state index contributed by atoms with van der Waals surface area (Å²) in [5, 5.41) is 11.4. The van der Waals surface area contributed by atoms with Crippen LogP contribution in [0.2, 0.25) is 0 Å². The van der Waals surface area contributed by atoms with Gasteiger partial charge in [-0.05, 0) is 31.9 Å². The van der Waals surface area contributed by atoms with Gasteiger partial charge in [-0.15, -0.1) is 0 Å². The second-order valence-corrected chi connectivity index (χ2v) is 4.96. The molecule has 1 aromatic heterocycles. The average molecular weight is 291 g/mol. The number of amides is 2. The van der Waals surface area contributed by atoms with Crippen molar-refractivity contribution >= 4 is 17.8 Å². The van der Waals surface area contributed by atoms with Crippen molar-refractivity contribution in [1.82, 2.24) is 15.2 Å². The monoisotopic (exact) mass is 291 g/mol. The van der Waals surface area contributed by atoms with Crippen LogP contribution >= 0.6 is 0 Å². The van der Waals surface area contributed by atoms with E-state index in [-0.39, 0.29) is 17.2 Å². The quantitative estimate of drug-likeness (QED) is 0.842. The fourth-order valence-electron chi connectivity index (χ4n) is 2.24. The fourth-order valence-corrected chi connectivity index (χ4v) is 2.24. The zero-order chi connectivity index (χ0) is 15.4. The molecule has 0 spiro atoms. The number of aromatic carboxylic acids is 1. The van der Waals surface area contributed by atoms with Crippen molar-refractivity contribution in [3.05, 3.63) is 29.6 Å². The zero-order valence-electron chi connectivity index (χ0n) is 11.7. The first-order valence-corrected chi connectivity index (χ1v) is 6.78. The van der Waals surface area contributed by atoms with Crippen LogP contribution in [0.3, 0.4) is 0 Å². The number of aromatic nitrogens is 1.